The molecule has 2 aliphatic heterocycles. The van der Waals surface area contributed by atoms with Crippen LogP contribution in [-0.4, -0.2) is 50.6 Å². The highest BCUT2D eigenvalue weighted by molar-refractivity contribution is 7.80. The van der Waals surface area contributed by atoms with Crippen LogP contribution in [0.25, 0.3) is 0 Å². The van der Waals surface area contributed by atoms with Crippen molar-refractivity contribution in [1.82, 2.24) is 10.2 Å². The van der Waals surface area contributed by atoms with E-state index in [1.165, 1.54) is 17.5 Å². The molecule has 8 heteroatoms. The number of benzene rings is 2. The van der Waals surface area contributed by atoms with E-state index in [9.17, 15) is 8.78 Å². The lowest BCUT2D eigenvalue weighted by atomic mass is 10.1. The maximum Gasteiger partial charge on any atom is 0.123 e. The van der Waals surface area contributed by atoms with Gasteiger partial charge in [0.1, 0.15) is 18.4 Å². The molecule has 0 saturated carbocycles. The molecular formula is C24H35F2N3O2S. The van der Waals surface area contributed by atoms with Crippen molar-refractivity contribution in [3.8, 4) is 0 Å². The lowest BCUT2D eigenvalue weighted by Gasteiger charge is -2.33. The third kappa shape index (κ3) is 10.2. The van der Waals surface area contributed by atoms with Gasteiger partial charge in [-0.3, -0.25) is 4.90 Å². The average Bonchev–Trinajstić information content (AvgIpc) is 3.22. The van der Waals surface area contributed by atoms with E-state index in [0.717, 1.165) is 61.8 Å². The second kappa shape index (κ2) is 15.9. The highest BCUT2D eigenvalue weighted by atomic mass is 32.1. The second-order valence-electron chi connectivity index (χ2n) is 7.59. The predicted octanol–water partition coefficient (Wildman–Crippen LogP) is 3.80. The molecule has 2 atom stereocenters. The molecule has 0 amide bonds. The summed E-state index contributed by atoms with van der Waals surface area (Å²) in [6.45, 7) is 8.83. The van der Waals surface area contributed by atoms with Crippen LogP contribution in [0.5, 0.6) is 0 Å². The van der Waals surface area contributed by atoms with Gasteiger partial charge in [-0.2, -0.15) is 0 Å². The largest absolute Gasteiger partial charge is 0.378 e. The van der Waals surface area contributed by atoms with Crippen molar-refractivity contribution in [2.45, 2.75) is 49.8 Å². The van der Waals surface area contributed by atoms with Crippen LogP contribution in [0.4, 0.5) is 8.78 Å². The lowest BCUT2D eigenvalue weighted by Crippen LogP contribution is -2.46. The minimum atomic E-state index is -0.411. The van der Waals surface area contributed by atoms with Gasteiger partial charge in [-0.25, -0.2) is 8.78 Å². The van der Waals surface area contributed by atoms with Crippen molar-refractivity contribution >= 4 is 19.4 Å². The summed E-state index contributed by atoms with van der Waals surface area (Å²) in [7, 11) is 1.96. The number of hydrogen-bond donors (Lipinski definition) is 3. The van der Waals surface area contributed by atoms with E-state index in [0.29, 0.717) is 12.6 Å². The van der Waals surface area contributed by atoms with E-state index in [1.54, 1.807) is 0 Å². The number of nitrogens with zero attached hydrogens (tertiary/aromatic N) is 1. The van der Waals surface area contributed by atoms with Crippen LogP contribution in [0.1, 0.15) is 30.9 Å². The van der Waals surface area contributed by atoms with E-state index in [4.69, 9.17) is 15.3 Å². The third-order valence-corrected chi connectivity index (χ3v) is 5.25. The molecule has 0 aliphatic carbocycles. The van der Waals surface area contributed by atoms with Crippen LogP contribution < -0.4 is 11.1 Å². The second-order valence-corrected chi connectivity index (χ2v) is 8.10. The quantitative estimate of drug-likeness (QED) is 0.599. The molecule has 0 aromatic heterocycles. The van der Waals surface area contributed by atoms with E-state index in [2.05, 4.69) is 48.0 Å². The molecule has 2 aromatic carbocycles. The average molecular weight is 468 g/mol. The van der Waals surface area contributed by atoms with Gasteiger partial charge < -0.3 is 20.6 Å². The molecular weight excluding hydrogens is 432 g/mol. The molecule has 32 heavy (non-hydrogen) atoms. The van der Waals surface area contributed by atoms with Crippen molar-refractivity contribution in [2.75, 3.05) is 26.8 Å². The molecule has 5 nitrogen and oxygen atoms in total. The minimum absolute atomic E-state index is 0.193. The summed E-state index contributed by atoms with van der Waals surface area (Å²) >= 11 is 4.39. The van der Waals surface area contributed by atoms with Crippen LogP contribution in [0.2, 0.25) is 0 Å². The molecule has 0 spiro atoms. The first-order chi connectivity index (χ1) is 15.4. The Morgan fingerprint density at radius 3 is 2.19 bits per heavy atom. The molecule has 2 aliphatic rings. The summed E-state index contributed by atoms with van der Waals surface area (Å²) in [5, 5.41) is 3.02. The fraction of sp³-hybridized carbons (Fsp3) is 0.458. The lowest BCUT2D eigenvalue weighted by molar-refractivity contribution is -0.0979. The topological polar surface area (TPSA) is 67.6 Å². The molecule has 2 unspecified atom stereocenters. The van der Waals surface area contributed by atoms with E-state index in [-0.39, 0.29) is 6.04 Å². The van der Waals surface area contributed by atoms with Gasteiger partial charge in [-0.05, 0) is 74.0 Å². The molecule has 1 saturated heterocycles. The predicted molar refractivity (Wildman–Crippen MR) is 128 cm³/mol. The monoisotopic (exact) mass is 467 g/mol. The Hall–Kier alpha value is -1.84. The van der Waals surface area contributed by atoms with Gasteiger partial charge in [-0.15, -0.1) is 12.6 Å². The van der Waals surface area contributed by atoms with Gasteiger partial charge in [0.05, 0.1) is 13.2 Å². The zero-order valence-electron chi connectivity index (χ0n) is 18.9. The first kappa shape index (κ1) is 28.2. The Balaban J connectivity index is 0.000000285. The van der Waals surface area contributed by atoms with E-state index in [1.807, 2.05) is 13.8 Å². The Morgan fingerprint density at radius 2 is 1.69 bits per heavy atom. The van der Waals surface area contributed by atoms with Gasteiger partial charge in [0.15, 0.2) is 0 Å². The summed E-state index contributed by atoms with van der Waals surface area (Å²) in [5.41, 5.74) is 8.78. The van der Waals surface area contributed by atoms with E-state index >= 15 is 0 Å². The van der Waals surface area contributed by atoms with Crippen molar-refractivity contribution in [3.63, 3.8) is 0 Å². The van der Waals surface area contributed by atoms with Gasteiger partial charge in [0, 0.05) is 30.1 Å². The maximum atomic E-state index is 11.9. The number of thiol groups is 1. The Kier molecular flexibility index (Phi) is 14.0. The fourth-order valence-corrected chi connectivity index (χ4v) is 3.67. The minimum Gasteiger partial charge on any atom is -0.378 e. The number of fused-ring (bicyclic) bond motifs is 1. The molecule has 178 valence electrons. The van der Waals surface area contributed by atoms with Crippen molar-refractivity contribution in [2.24, 2.45) is 5.73 Å². The smallest absolute Gasteiger partial charge is 0.123 e. The first-order valence-corrected chi connectivity index (χ1v) is 11.1. The molecule has 2 aromatic rings. The van der Waals surface area contributed by atoms with Crippen LogP contribution in [0, 0.1) is 11.6 Å². The normalized spacial score (nSPS) is 19.3. The molecule has 3 N–H and O–H groups in total. The number of hydrogen-bond acceptors (Lipinski definition) is 6. The van der Waals surface area contributed by atoms with Crippen LogP contribution >= 0.6 is 12.6 Å². The number of carbonyl (C=O) groups is 1. The molecule has 4 rings (SSSR count). The van der Waals surface area contributed by atoms with Gasteiger partial charge in [-0.1, -0.05) is 13.0 Å². The number of nitrogens with one attached hydrogen (secondary N) is 1. The fourth-order valence-electron chi connectivity index (χ4n) is 3.44. The number of halogens is 2. The van der Waals surface area contributed by atoms with Crippen molar-refractivity contribution in [1.29, 1.82) is 0 Å². The summed E-state index contributed by atoms with van der Waals surface area (Å²) in [6, 6.07) is 11.4. The molecule has 0 radical (unpaired) electrons. The van der Waals surface area contributed by atoms with Crippen LogP contribution in [0.3, 0.4) is 0 Å². The standard InChI is InChI=1S/C13H18N2OS.C6H4F2.C4H11N.CH2O/c14-11-4-12(8-16-7-11)15-5-9-1-2-13(17)3-10(9)6-15;7-5-1-2-6(8)4-3-5;1-3-4-5-2;1-2/h1-3,11-12,17H,4-8,14H2;1-4H;5H,3-4H2,1-2H3;1H2. The highest BCUT2D eigenvalue weighted by Gasteiger charge is 2.29. The summed E-state index contributed by atoms with van der Waals surface area (Å²) in [6.07, 6.45) is 2.28. The molecule has 1 fully saturated rings. The number of nitrogens with two attached hydrogens (primary N) is 1. The Morgan fingerprint density at radius 1 is 1.09 bits per heavy atom. The number of ether oxygens (including phenoxy) is 1. The summed E-state index contributed by atoms with van der Waals surface area (Å²) in [5.74, 6) is -0.821. The zero-order valence-corrected chi connectivity index (χ0v) is 19.8. The van der Waals surface area contributed by atoms with Crippen LogP contribution in [-0.2, 0) is 22.6 Å². The van der Waals surface area contributed by atoms with Crippen LogP contribution in [0.15, 0.2) is 47.4 Å². The van der Waals surface area contributed by atoms with Gasteiger partial charge in [0.25, 0.3) is 0 Å². The highest BCUT2D eigenvalue weighted by Crippen LogP contribution is 2.28. The number of rotatable bonds is 3. The van der Waals surface area contributed by atoms with Crippen molar-refractivity contribution < 1.29 is 18.3 Å². The Labute approximate surface area is 195 Å². The Bertz CT molecular complexity index is 757. The molecule has 2 heterocycles. The molecule has 0 bridgehead atoms. The first-order valence-electron chi connectivity index (χ1n) is 10.7. The van der Waals surface area contributed by atoms with Gasteiger partial charge in [0.2, 0.25) is 0 Å². The number of carbonyl (C=O) groups excluding carboxylic acids is 1. The summed E-state index contributed by atoms with van der Waals surface area (Å²) < 4.78 is 29.4. The van der Waals surface area contributed by atoms with Crippen molar-refractivity contribution in [3.05, 3.63) is 65.2 Å². The maximum absolute atomic E-state index is 11.9. The van der Waals surface area contributed by atoms with E-state index < -0.39 is 11.6 Å². The zero-order chi connectivity index (χ0) is 23.9. The summed E-state index contributed by atoms with van der Waals surface area (Å²) in [4.78, 5) is 11.5. The van der Waals surface area contributed by atoms with Gasteiger partial charge >= 0.3 is 0 Å². The third-order valence-electron chi connectivity index (χ3n) is 4.97. The SMILES string of the molecule is C=O.CCCNC.Fc1ccc(F)cc1.NC1COCC(N2Cc3ccc(S)cc3C2)C1.